The molecule has 134 valence electrons. The normalized spacial score (nSPS) is 15.5. The summed E-state index contributed by atoms with van der Waals surface area (Å²) in [5.74, 6) is -0.0753. The number of likely N-dealkylation sites (tertiary alicyclic amines) is 1. The van der Waals surface area contributed by atoms with Crippen LogP contribution >= 0.6 is 0 Å². The summed E-state index contributed by atoms with van der Waals surface area (Å²) >= 11 is 0. The summed E-state index contributed by atoms with van der Waals surface area (Å²) in [4.78, 5) is 26.1. The summed E-state index contributed by atoms with van der Waals surface area (Å²) in [7, 11) is 0. The molecule has 1 aliphatic rings. The van der Waals surface area contributed by atoms with E-state index >= 15 is 0 Å². The van der Waals surface area contributed by atoms with Crippen LogP contribution in [0.25, 0.3) is 10.9 Å². The van der Waals surface area contributed by atoms with Crippen LogP contribution in [0.5, 0.6) is 0 Å². The van der Waals surface area contributed by atoms with Gasteiger partial charge in [0.15, 0.2) is 0 Å². The lowest BCUT2D eigenvalue weighted by Gasteiger charge is -2.31. The van der Waals surface area contributed by atoms with Crippen molar-refractivity contribution in [3.63, 3.8) is 0 Å². The van der Waals surface area contributed by atoms with Gasteiger partial charge in [0.25, 0.3) is 0 Å². The van der Waals surface area contributed by atoms with Gasteiger partial charge in [0.05, 0.1) is 30.8 Å². The molecular weight excluding hydrogens is 318 g/mol. The number of esters is 1. The Bertz CT molecular complexity index is 760. The second-order valence-electron chi connectivity index (χ2n) is 6.53. The van der Waals surface area contributed by atoms with Gasteiger partial charge in [-0.15, -0.1) is 0 Å². The lowest BCUT2D eigenvalue weighted by atomic mass is 9.97. The number of benzene rings is 1. The number of amides is 1. The largest absolute Gasteiger partial charge is 0.466 e. The lowest BCUT2D eigenvalue weighted by Crippen LogP contribution is -2.40. The molecule has 1 fully saturated rings. The quantitative estimate of drug-likeness (QED) is 0.783. The number of fused-ring (bicyclic) bond motifs is 1. The highest BCUT2D eigenvalue weighted by molar-refractivity contribution is 5.82. The van der Waals surface area contributed by atoms with Crippen LogP contribution in [0.4, 0.5) is 0 Å². The van der Waals surface area contributed by atoms with Gasteiger partial charge in [0.1, 0.15) is 0 Å². The van der Waals surface area contributed by atoms with Gasteiger partial charge in [0, 0.05) is 24.9 Å². The molecule has 6 heteroatoms. The number of rotatable bonds is 5. The molecule has 1 amide bonds. The number of carbonyl (C=O) groups excluding carboxylic acids is 2. The Kier molecular flexibility index (Phi) is 5.36. The Morgan fingerprint density at radius 3 is 2.76 bits per heavy atom. The summed E-state index contributed by atoms with van der Waals surface area (Å²) in [5.41, 5.74) is 2.25. The van der Waals surface area contributed by atoms with E-state index in [0.29, 0.717) is 45.5 Å². The number of hydrogen-bond donors (Lipinski definition) is 0. The number of piperidine rings is 1. The lowest BCUT2D eigenvalue weighted by molar-refractivity contribution is -0.151. The molecule has 2 aromatic rings. The molecule has 0 bridgehead atoms. The first-order valence-corrected chi connectivity index (χ1v) is 8.95. The molecule has 0 N–H and O–H groups in total. The van der Waals surface area contributed by atoms with Gasteiger partial charge in [-0.2, -0.15) is 5.10 Å². The van der Waals surface area contributed by atoms with Crippen molar-refractivity contribution in [1.82, 2.24) is 14.7 Å². The molecule has 0 radical (unpaired) electrons. The fraction of sp³-hybridized carbons (Fsp3) is 0.526. The van der Waals surface area contributed by atoms with Crippen LogP contribution in [0.3, 0.4) is 0 Å². The van der Waals surface area contributed by atoms with Gasteiger partial charge in [0.2, 0.25) is 5.91 Å². The molecule has 1 aliphatic heterocycles. The van der Waals surface area contributed by atoms with Crippen LogP contribution in [0.1, 0.15) is 31.7 Å². The number of nitrogens with zero attached hydrogens (tertiary/aromatic N) is 3. The van der Waals surface area contributed by atoms with E-state index in [0.717, 1.165) is 10.9 Å². The van der Waals surface area contributed by atoms with E-state index in [4.69, 9.17) is 4.74 Å². The molecule has 0 atom stereocenters. The van der Waals surface area contributed by atoms with Crippen LogP contribution < -0.4 is 0 Å². The van der Waals surface area contributed by atoms with Crippen LogP contribution in [0.15, 0.2) is 24.4 Å². The zero-order chi connectivity index (χ0) is 17.8. The van der Waals surface area contributed by atoms with Crippen LogP contribution in [-0.2, 0) is 20.9 Å². The standard InChI is InChI=1S/C19H25N3O3/c1-3-25-19(24)15-7-10-21(11-8-15)18(23)9-12-22-17-6-4-5-14(2)16(17)13-20-22/h4-6,13,15H,3,7-12H2,1-2H3. The summed E-state index contributed by atoms with van der Waals surface area (Å²) in [5, 5.41) is 5.54. The van der Waals surface area contributed by atoms with Crippen molar-refractivity contribution < 1.29 is 14.3 Å². The summed E-state index contributed by atoms with van der Waals surface area (Å²) in [6, 6.07) is 6.11. The average Bonchev–Trinajstić information content (AvgIpc) is 3.04. The van der Waals surface area contributed by atoms with Gasteiger partial charge < -0.3 is 9.64 Å². The van der Waals surface area contributed by atoms with E-state index in [1.165, 1.54) is 5.56 Å². The van der Waals surface area contributed by atoms with Crippen LogP contribution in [0.2, 0.25) is 0 Å². The first-order chi connectivity index (χ1) is 12.1. The van der Waals surface area contributed by atoms with Gasteiger partial charge in [-0.05, 0) is 38.3 Å². The van der Waals surface area contributed by atoms with Crippen molar-refractivity contribution in [2.45, 2.75) is 39.7 Å². The molecule has 1 saturated heterocycles. The molecule has 2 heterocycles. The summed E-state index contributed by atoms with van der Waals surface area (Å²) < 4.78 is 6.96. The first-order valence-electron chi connectivity index (χ1n) is 8.95. The molecular formula is C19H25N3O3. The van der Waals surface area contributed by atoms with E-state index in [1.807, 2.05) is 34.8 Å². The molecule has 1 aromatic carbocycles. The molecule has 0 aliphatic carbocycles. The average molecular weight is 343 g/mol. The van der Waals surface area contributed by atoms with Crippen molar-refractivity contribution in [3.05, 3.63) is 30.0 Å². The maximum absolute atomic E-state index is 12.5. The molecule has 1 aromatic heterocycles. The number of ether oxygens (including phenoxy) is 1. The van der Waals surface area contributed by atoms with Crippen LogP contribution in [-0.4, -0.2) is 46.3 Å². The van der Waals surface area contributed by atoms with Crippen LogP contribution in [0, 0.1) is 12.8 Å². The van der Waals surface area contributed by atoms with E-state index < -0.39 is 0 Å². The zero-order valence-electron chi connectivity index (χ0n) is 14.9. The SMILES string of the molecule is CCOC(=O)C1CCN(C(=O)CCn2ncc3c(C)cccc32)CC1. The Morgan fingerprint density at radius 1 is 1.28 bits per heavy atom. The Balaban J connectivity index is 1.53. The van der Waals surface area contributed by atoms with Gasteiger partial charge in [-0.3, -0.25) is 14.3 Å². The fourth-order valence-electron chi connectivity index (χ4n) is 3.41. The zero-order valence-corrected chi connectivity index (χ0v) is 14.9. The van der Waals surface area contributed by atoms with Crippen molar-refractivity contribution in [3.8, 4) is 0 Å². The molecule has 3 rings (SSSR count). The minimum atomic E-state index is -0.132. The maximum atomic E-state index is 12.5. The van der Waals surface area contributed by atoms with E-state index in [-0.39, 0.29) is 17.8 Å². The molecule has 25 heavy (non-hydrogen) atoms. The van der Waals surface area contributed by atoms with Gasteiger partial charge in [-0.25, -0.2) is 0 Å². The van der Waals surface area contributed by atoms with Crippen molar-refractivity contribution >= 4 is 22.8 Å². The molecule has 0 unspecified atom stereocenters. The smallest absolute Gasteiger partial charge is 0.309 e. The van der Waals surface area contributed by atoms with E-state index in [2.05, 4.69) is 18.1 Å². The highest BCUT2D eigenvalue weighted by Crippen LogP contribution is 2.20. The monoisotopic (exact) mass is 343 g/mol. The molecule has 0 saturated carbocycles. The van der Waals surface area contributed by atoms with Gasteiger partial charge in [-0.1, -0.05) is 12.1 Å². The maximum Gasteiger partial charge on any atom is 0.309 e. The fourth-order valence-corrected chi connectivity index (χ4v) is 3.41. The predicted octanol–water partition coefficient (Wildman–Crippen LogP) is 2.54. The number of hydrogen-bond acceptors (Lipinski definition) is 4. The van der Waals surface area contributed by atoms with E-state index in [9.17, 15) is 9.59 Å². The third-order valence-electron chi connectivity index (χ3n) is 4.91. The first kappa shape index (κ1) is 17.5. The minimum Gasteiger partial charge on any atom is -0.466 e. The highest BCUT2D eigenvalue weighted by atomic mass is 16.5. The van der Waals surface area contributed by atoms with Crippen molar-refractivity contribution in [2.75, 3.05) is 19.7 Å². The van der Waals surface area contributed by atoms with Crippen molar-refractivity contribution in [2.24, 2.45) is 5.92 Å². The molecule has 0 spiro atoms. The second kappa shape index (κ2) is 7.68. The summed E-state index contributed by atoms with van der Waals surface area (Å²) in [6.45, 7) is 6.12. The van der Waals surface area contributed by atoms with E-state index in [1.54, 1.807) is 0 Å². The highest BCUT2D eigenvalue weighted by Gasteiger charge is 2.28. The minimum absolute atomic E-state index is 0.0676. The topological polar surface area (TPSA) is 64.4 Å². The third kappa shape index (κ3) is 3.83. The molecule has 6 nitrogen and oxygen atoms in total. The Morgan fingerprint density at radius 2 is 2.04 bits per heavy atom. The number of carbonyl (C=O) groups is 2. The van der Waals surface area contributed by atoms with Gasteiger partial charge >= 0.3 is 5.97 Å². The number of aryl methyl sites for hydroxylation is 2. The predicted molar refractivity (Wildman–Crippen MR) is 95.0 cm³/mol. The Hall–Kier alpha value is -2.37. The summed E-state index contributed by atoms with van der Waals surface area (Å²) in [6.07, 6.45) is 3.66. The third-order valence-corrected chi connectivity index (χ3v) is 4.91. The second-order valence-corrected chi connectivity index (χ2v) is 6.53. The number of aromatic nitrogens is 2. The van der Waals surface area contributed by atoms with Crippen molar-refractivity contribution in [1.29, 1.82) is 0 Å². The Labute approximate surface area is 147 Å².